The van der Waals surface area contributed by atoms with Crippen molar-refractivity contribution in [3.8, 4) is 11.1 Å². The number of thiophene rings is 1. The molecule has 0 bridgehead atoms. The minimum Gasteiger partial charge on any atom is -0.298 e. The summed E-state index contributed by atoms with van der Waals surface area (Å²) in [6, 6.07) is 14.0. The van der Waals surface area contributed by atoms with Gasteiger partial charge in [-0.1, -0.05) is 36.4 Å². The van der Waals surface area contributed by atoms with Crippen molar-refractivity contribution in [3.05, 3.63) is 91.2 Å². The van der Waals surface area contributed by atoms with E-state index >= 15 is 0 Å². The summed E-state index contributed by atoms with van der Waals surface area (Å²) in [7, 11) is 0. The van der Waals surface area contributed by atoms with E-state index in [0.717, 1.165) is 33.4 Å². The van der Waals surface area contributed by atoms with Gasteiger partial charge in [-0.25, -0.2) is 9.18 Å². The number of hydrogen-bond acceptors (Lipinski definition) is 3. The van der Waals surface area contributed by atoms with Crippen molar-refractivity contribution in [1.29, 1.82) is 0 Å². The first kappa shape index (κ1) is 16.2. The van der Waals surface area contributed by atoms with Gasteiger partial charge in [-0.3, -0.25) is 14.3 Å². The van der Waals surface area contributed by atoms with Crippen LogP contribution in [-0.4, -0.2) is 9.55 Å². The molecule has 0 unspecified atom stereocenters. The van der Waals surface area contributed by atoms with E-state index in [0.29, 0.717) is 15.8 Å². The van der Waals surface area contributed by atoms with Crippen LogP contribution in [0, 0.1) is 5.82 Å². The Morgan fingerprint density at radius 1 is 1.07 bits per heavy atom. The summed E-state index contributed by atoms with van der Waals surface area (Å²) in [5, 5.41) is 0.554. The van der Waals surface area contributed by atoms with E-state index < -0.39 is 5.69 Å². The van der Waals surface area contributed by atoms with Gasteiger partial charge in [-0.05, 0) is 41.7 Å². The number of H-pyrrole nitrogens is 1. The summed E-state index contributed by atoms with van der Waals surface area (Å²) in [5.74, 6) is -0.389. The second-order valence-corrected chi connectivity index (χ2v) is 7.82. The second-order valence-electron chi connectivity index (χ2n) is 6.71. The molecule has 2 aromatic carbocycles. The largest absolute Gasteiger partial charge is 0.329 e. The number of hydrogen-bond donors (Lipinski definition) is 1. The normalized spacial score (nSPS) is 12.8. The van der Waals surface area contributed by atoms with Crippen LogP contribution in [0.5, 0.6) is 0 Å². The van der Waals surface area contributed by atoms with Crippen LogP contribution < -0.4 is 11.2 Å². The van der Waals surface area contributed by atoms with Gasteiger partial charge in [0.1, 0.15) is 10.6 Å². The molecule has 0 aliphatic heterocycles. The number of nitrogens with zero attached hydrogens (tertiary/aromatic N) is 1. The fraction of sp³-hybridized carbons (Fsp3) is 0.143. The predicted molar refractivity (Wildman–Crippen MR) is 105 cm³/mol. The maximum Gasteiger partial charge on any atom is 0.329 e. The van der Waals surface area contributed by atoms with Crippen LogP contribution in [0.3, 0.4) is 0 Å². The number of aryl methyl sites for hydroxylation is 2. The third-order valence-electron chi connectivity index (χ3n) is 5.04. The second kappa shape index (κ2) is 6.03. The molecule has 1 aliphatic carbocycles. The Balaban J connectivity index is 1.76. The van der Waals surface area contributed by atoms with Crippen molar-refractivity contribution >= 4 is 21.6 Å². The first-order chi connectivity index (χ1) is 13.1. The molecule has 0 fully saturated rings. The molecule has 4 aromatic rings. The lowest BCUT2D eigenvalue weighted by atomic mass is 9.89. The predicted octanol–water partition coefficient (Wildman–Crippen LogP) is 3.70. The van der Waals surface area contributed by atoms with Crippen molar-refractivity contribution in [2.24, 2.45) is 0 Å². The Morgan fingerprint density at radius 3 is 2.78 bits per heavy atom. The number of aromatic amines is 1. The summed E-state index contributed by atoms with van der Waals surface area (Å²) in [6.07, 6.45) is 1.79. The van der Waals surface area contributed by atoms with Gasteiger partial charge in [0.15, 0.2) is 0 Å². The molecule has 6 heteroatoms. The molecule has 2 aromatic heterocycles. The molecule has 0 saturated carbocycles. The Morgan fingerprint density at radius 2 is 1.93 bits per heavy atom. The van der Waals surface area contributed by atoms with Crippen molar-refractivity contribution in [2.75, 3.05) is 0 Å². The van der Waals surface area contributed by atoms with Gasteiger partial charge in [-0.2, -0.15) is 0 Å². The summed E-state index contributed by atoms with van der Waals surface area (Å²) in [5.41, 5.74) is 2.99. The average molecular weight is 378 g/mol. The standard InChI is InChI=1S/C21H15FN2O2S/c22-14-6-3-4-12(10-14)11-24-20(25)18-17-15-7-2-1-5-13(15)8-9-16(17)27-19(18)23-21(24)26/h1-7,10H,8-9,11H2,(H,23,26). The molecule has 134 valence electrons. The zero-order valence-corrected chi connectivity index (χ0v) is 15.1. The van der Waals surface area contributed by atoms with Crippen LogP contribution in [0.15, 0.2) is 58.1 Å². The Hall–Kier alpha value is -2.99. The van der Waals surface area contributed by atoms with Gasteiger partial charge in [0.2, 0.25) is 0 Å². The summed E-state index contributed by atoms with van der Waals surface area (Å²) < 4.78 is 14.6. The molecule has 0 amide bonds. The van der Waals surface area contributed by atoms with Crippen LogP contribution in [0.1, 0.15) is 16.0 Å². The van der Waals surface area contributed by atoms with E-state index in [-0.39, 0.29) is 17.9 Å². The molecule has 0 radical (unpaired) electrons. The topological polar surface area (TPSA) is 54.9 Å². The zero-order chi connectivity index (χ0) is 18.5. The number of fused-ring (bicyclic) bond motifs is 5. The van der Waals surface area contributed by atoms with Gasteiger partial charge in [0.05, 0.1) is 11.9 Å². The van der Waals surface area contributed by atoms with Crippen molar-refractivity contribution in [1.82, 2.24) is 9.55 Å². The summed E-state index contributed by atoms with van der Waals surface area (Å²) in [6.45, 7) is 0.0358. The molecule has 1 N–H and O–H groups in total. The van der Waals surface area contributed by atoms with E-state index in [4.69, 9.17) is 0 Å². The minimum absolute atomic E-state index is 0.0358. The Bertz CT molecular complexity index is 1320. The fourth-order valence-electron chi connectivity index (χ4n) is 3.81. The molecule has 0 saturated heterocycles. The van der Waals surface area contributed by atoms with Gasteiger partial charge in [0, 0.05) is 10.4 Å². The molecule has 4 nitrogen and oxygen atoms in total. The maximum absolute atomic E-state index is 13.5. The highest BCUT2D eigenvalue weighted by Crippen LogP contribution is 2.41. The third kappa shape index (κ3) is 2.56. The number of halogens is 1. The molecule has 27 heavy (non-hydrogen) atoms. The Labute approximate surface area is 157 Å². The van der Waals surface area contributed by atoms with Gasteiger partial charge >= 0.3 is 5.69 Å². The van der Waals surface area contributed by atoms with Crippen LogP contribution in [0.25, 0.3) is 21.3 Å². The molecule has 1 aliphatic rings. The van der Waals surface area contributed by atoms with E-state index in [1.807, 2.05) is 18.2 Å². The lowest BCUT2D eigenvalue weighted by Crippen LogP contribution is -2.35. The SMILES string of the molecule is O=c1[nH]c2sc3c(c2c(=O)n1Cc1cccc(F)c1)-c1ccccc1CC3. The fourth-order valence-corrected chi connectivity index (χ4v) is 5.01. The first-order valence-corrected chi connectivity index (χ1v) is 9.54. The minimum atomic E-state index is -0.469. The van der Waals surface area contributed by atoms with Gasteiger partial charge in [-0.15, -0.1) is 11.3 Å². The smallest absolute Gasteiger partial charge is 0.298 e. The van der Waals surface area contributed by atoms with E-state index in [2.05, 4.69) is 11.1 Å². The van der Waals surface area contributed by atoms with E-state index in [9.17, 15) is 14.0 Å². The highest BCUT2D eigenvalue weighted by molar-refractivity contribution is 7.19. The van der Waals surface area contributed by atoms with Crippen molar-refractivity contribution in [3.63, 3.8) is 0 Å². The molecule has 5 rings (SSSR count). The summed E-state index contributed by atoms with van der Waals surface area (Å²) in [4.78, 5) is 30.4. The third-order valence-corrected chi connectivity index (χ3v) is 6.21. The lowest BCUT2D eigenvalue weighted by Gasteiger charge is -2.16. The molecular formula is C21H15FN2O2S. The van der Waals surface area contributed by atoms with Crippen LogP contribution in [0.4, 0.5) is 4.39 Å². The van der Waals surface area contributed by atoms with E-state index in [1.165, 1.54) is 29.0 Å². The van der Waals surface area contributed by atoms with Crippen molar-refractivity contribution in [2.45, 2.75) is 19.4 Å². The van der Waals surface area contributed by atoms with Crippen LogP contribution in [0.2, 0.25) is 0 Å². The number of benzene rings is 2. The van der Waals surface area contributed by atoms with Crippen molar-refractivity contribution < 1.29 is 4.39 Å². The van der Waals surface area contributed by atoms with Gasteiger partial charge < -0.3 is 0 Å². The quantitative estimate of drug-likeness (QED) is 0.578. The molecule has 2 heterocycles. The first-order valence-electron chi connectivity index (χ1n) is 8.73. The lowest BCUT2D eigenvalue weighted by molar-refractivity contribution is 0.621. The van der Waals surface area contributed by atoms with Crippen LogP contribution >= 0.6 is 11.3 Å². The summed E-state index contributed by atoms with van der Waals surface area (Å²) >= 11 is 1.48. The van der Waals surface area contributed by atoms with Crippen LogP contribution in [-0.2, 0) is 19.4 Å². The van der Waals surface area contributed by atoms with E-state index in [1.54, 1.807) is 12.1 Å². The molecular weight excluding hydrogens is 363 g/mol. The molecule has 0 spiro atoms. The monoisotopic (exact) mass is 378 g/mol. The molecule has 0 atom stereocenters. The highest BCUT2D eigenvalue weighted by Gasteiger charge is 2.24. The highest BCUT2D eigenvalue weighted by atomic mass is 32.1. The Kier molecular flexibility index (Phi) is 3.62. The number of aromatic nitrogens is 2. The zero-order valence-electron chi connectivity index (χ0n) is 14.3. The number of nitrogens with one attached hydrogen (secondary N) is 1. The van der Waals surface area contributed by atoms with Gasteiger partial charge in [0.25, 0.3) is 5.56 Å². The number of rotatable bonds is 2. The maximum atomic E-state index is 13.5. The average Bonchev–Trinajstić information content (AvgIpc) is 3.04.